The van der Waals surface area contributed by atoms with Crippen molar-refractivity contribution in [2.45, 2.75) is 0 Å². The number of anilines is 1. The van der Waals surface area contributed by atoms with E-state index in [-0.39, 0.29) is 0 Å². The van der Waals surface area contributed by atoms with Gasteiger partial charge in [0, 0.05) is 6.20 Å². The number of benzene rings is 1. The van der Waals surface area contributed by atoms with Crippen molar-refractivity contribution in [2.24, 2.45) is 0 Å². The quantitative estimate of drug-likeness (QED) is 0.614. The molecule has 0 bridgehead atoms. The van der Waals surface area contributed by atoms with Crippen molar-refractivity contribution in [2.75, 3.05) is 5.32 Å². The van der Waals surface area contributed by atoms with E-state index in [1.54, 1.807) is 0 Å². The van der Waals surface area contributed by atoms with E-state index >= 15 is 0 Å². The molecular formula is C12H9N7. The summed E-state index contributed by atoms with van der Waals surface area (Å²) in [7, 11) is 0. The molecule has 2 heterocycles. The summed E-state index contributed by atoms with van der Waals surface area (Å²) < 4.78 is 0. The first-order valence-corrected chi connectivity index (χ1v) is 5.54. The van der Waals surface area contributed by atoms with Gasteiger partial charge in [0.25, 0.3) is 0 Å². The molecule has 0 amide bonds. The van der Waals surface area contributed by atoms with Crippen molar-refractivity contribution in [1.29, 1.82) is 5.26 Å². The minimum Gasteiger partial charge on any atom is -0.337 e. The number of fused-ring (bicyclic) bond motifs is 1. The first-order valence-electron chi connectivity index (χ1n) is 5.54. The fourth-order valence-corrected chi connectivity index (χ4v) is 1.65. The second-order valence-electron chi connectivity index (χ2n) is 3.75. The number of H-pyrrole nitrogens is 2. The third-order valence-electron chi connectivity index (χ3n) is 2.53. The maximum atomic E-state index is 9.17. The average Bonchev–Trinajstić information content (AvgIpc) is 3.08. The number of nitrogens with one attached hydrogen (secondary N) is 3. The van der Waals surface area contributed by atoms with Crippen LogP contribution >= 0.6 is 0 Å². The molecule has 7 nitrogen and oxygen atoms in total. The van der Waals surface area contributed by atoms with Gasteiger partial charge in [0.2, 0.25) is 5.95 Å². The van der Waals surface area contributed by atoms with Crippen LogP contribution in [0.5, 0.6) is 0 Å². The van der Waals surface area contributed by atoms with Gasteiger partial charge in [-0.05, 0) is 12.1 Å². The first-order chi connectivity index (χ1) is 9.36. The molecular weight excluding hydrogens is 242 g/mol. The van der Waals surface area contributed by atoms with Crippen molar-refractivity contribution in [3.63, 3.8) is 0 Å². The molecule has 0 atom stereocenters. The number of aromatic nitrogens is 5. The van der Waals surface area contributed by atoms with Gasteiger partial charge in [-0.25, -0.2) is 10.1 Å². The highest BCUT2D eigenvalue weighted by atomic mass is 15.3. The molecule has 0 saturated heterocycles. The molecule has 3 N–H and O–H groups in total. The van der Waals surface area contributed by atoms with Crippen LogP contribution in [0.2, 0.25) is 0 Å². The predicted octanol–water partition coefficient (Wildman–Crippen LogP) is 1.66. The Hall–Kier alpha value is -3.14. The van der Waals surface area contributed by atoms with Crippen LogP contribution in [0, 0.1) is 11.3 Å². The Morgan fingerprint density at radius 3 is 3.00 bits per heavy atom. The van der Waals surface area contributed by atoms with E-state index in [9.17, 15) is 0 Å². The van der Waals surface area contributed by atoms with E-state index in [2.05, 4.69) is 36.5 Å². The molecule has 0 aliphatic heterocycles. The van der Waals surface area contributed by atoms with E-state index in [1.165, 1.54) is 12.5 Å². The third kappa shape index (κ3) is 2.14. The first kappa shape index (κ1) is 11.0. The molecule has 1 aromatic carbocycles. The molecule has 19 heavy (non-hydrogen) atoms. The molecule has 0 saturated carbocycles. The van der Waals surface area contributed by atoms with E-state index in [0.717, 1.165) is 11.0 Å². The maximum Gasteiger partial charge on any atom is 0.222 e. The fraction of sp³-hybridized carbons (Fsp3) is 0. The smallest absolute Gasteiger partial charge is 0.222 e. The van der Waals surface area contributed by atoms with Crippen LogP contribution in [0.3, 0.4) is 0 Å². The van der Waals surface area contributed by atoms with Gasteiger partial charge in [-0.15, -0.1) is 0 Å². The van der Waals surface area contributed by atoms with Gasteiger partial charge in [-0.1, -0.05) is 12.1 Å². The topological polar surface area (TPSA) is 106 Å². The highest BCUT2D eigenvalue weighted by Crippen LogP contribution is 2.16. The van der Waals surface area contributed by atoms with Crippen LogP contribution in [0.1, 0.15) is 5.82 Å². The zero-order chi connectivity index (χ0) is 13.1. The highest BCUT2D eigenvalue weighted by Gasteiger charge is 2.07. The third-order valence-corrected chi connectivity index (χ3v) is 2.53. The molecule has 0 fully saturated rings. The SMILES string of the molecule is N#C/C(=C\Nc1ncn[nH]1)c1nc2ccccc2[nH]1. The standard InChI is InChI=1S/C12H9N7/c13-5-8(6-14-12-15-7-16-19-12)11-17-9-3-1-2-4-10(9)18-11/h1-4,6-7H,(H,17,18)(H2,14,15,16,19)/b8-6+. The van der Waals surface area contributed by atoms with Gasteiger partial charge in [0.15, 0.2) is 5.82 Å². The molecule has 0 unspecified atom stereocenters. The van der Waals surface area contributed by atoms with E-state index in [1.807, 2.05) is 24.3 Å². The van der Waals surface area contributed by atoms with Crippen LogP contribution in [0.15, 0.2) is 36.8 Å². The Bertz CT molecular complexity index is 728. The van der Waals surface area contributed by atoms with Crippen LogP contribution in [0.4, 0.5) is 5.95 Å². The zero-order valence-electron chi connectivity index (χ0n) is 9.75. The summed E-state index contributed by atoms with van der Waals surface area (Å²) in [5.74, 6) is 0.972. The van der Waals surface area contributed by atoms with Gasteiger partial charge >= 0.3 is 0 Å². The van der Waals surface area contributed by atoms with Crippen LogP contribution in [-0.2, 0) is 0 Å². The van der Waals surface area contributed by atoms with Crippen molar-refractivity contribution >= 4 is 22.6 Å². The number of allylic oxidation sites excluding steroid dienone is 1. The number of hydrogen-bond donors (Lipinski definition) is 3. The monoisotopic (exact) mass is 251 g/mol. The molecule has 3 aromatic rings. The molecule has 0 spiro atoms. The molecule has 92 valence electrons. The molecule has 7 heteroatoms. The number of imidazole rings is 1. The number of nitriles is 1. The van der Waals surface area contributed by atoms with E-state index < -0.39 is 0 Å². The van der Waals surface area contributed by atoms with Crippen molar-refractivity contribution in [1.82, 2.24) is 25.1 Å². The number of aromatic amines is 2. The van der Waals surface area contributed by atoms with Gasteiger partial charge in [0.1, 0.15) is 18.0 Å². The Kier molecular flexibility index (Phi) is 2.67. The fourth-order valence-electron chi connectivity index (χ4n) is 1.65. The zero-order valence-corrected chi connectivity index (χ0v) is 9.75. The lowest BCUT2D eigenvalue weighted by molar-refractivity contribution is 1.09. The summed E-state index contributed by atoms with van der Waals surface area (Å²) in [5, 5.41) is 18.4. The summed E-state index contributed by atoms with van der Waals surface area (Å²) in [5.41, 5.74) is 2.09. The second-order valence-corrected chi connectivity index (χ2v) is 3.75. The van der Waals surface area contributed by atoms with Crippen molar-refractivity contribution in [3.8, 4) is 6.07 Å². The molecule has 0 aliphatic carbocycles. The number of rotatable bonds is 3. The largest absolute Gasteiger partial charge is 0.337 e. The van der Waals surface area contributed by atoms with Gasteiger partial charge in [-0.3, -0.25) is 0 Å². The number of hydrogen-bond acceptors (Lipinski definition) is 5. The van der Waals surface area contributed by atoms with Gasteiger partial charge in [-0.2, -0.15) is 15.3 Å². The predicted molar refractivity (Wildman–Crippen MR) is 69.7 cm³/mol. The molecule has 2 aromatic heterocycles. The Morgan fingerprint density at radius 1 is 1.37 bits per heavy atom. The normalized spacial score (nSPS) is 11.4. The van der Waals surface area contributed by atoms with Crippen LogP contribution in [-0.4, -0.2) is 25.1 Å². The lowest BCUT2D eigenvalue weighted by Gasteiger charge is -1.95. The summed E-state index contributed by atoms with van der Waals surface area (Å²) in [4.78, 5) is 11.3. The lowest BCUT2D eigenvalue weighted by Crippen LogP contribution is -1.94. The maximum absolute atomic E-state index is 9.17. The van der Waals surface area contributed by atoms with Crippen LogP contribution in [0.25, 0.3) is 16.6 Å². The number of nitrogens with zero attached hydrogens (tertiary/aromatic N) is 4. The summed E-state index contributed by atoms with van der Waals surface area (Å²) in [6, 6.07) is 9.68. The van der Waals surface area contributed by atoms with Crippen LogP contribution < -0.4 is 5.32 Å². The van der Waals surface area contributed by atoms with E-state index in [0.29, 0.717) is 17.3 Å². The van der Waals surface area contributed by atoms with E-state index in [4.69, 9.17) is 5.26 Å². The second kappa shape index (κ2) is 4.62. The summed E-state index contributed by atoms with van der Waals surface area (Å²) >= 11 is 0. The van der Waals surface area contributed by atoms with Crippen molar-refractivity contribution in [3.05, 3.63) is 42.6 Å². The average molecular weight is 251 g/mol. The Labute approximate surface area is 108 Å². The van der Waals surface area contributed by atoms with Crippen molar-refractivity contribution < 1.29 is 0 Å². The lowest BCUT2D eigenvalue weighted by atomic mass is 10.3. The summed E-state index contributed by atoms with van der Waals surface area (Å²) in [6.45, 7) is 0. The number of para-hydroxylation sites is 2. The minimum atomic E-state index is 0.382. The Morgan fingerprint density at radius 2 is 2.26 bits per heavy atom. The summed E-state index contributed by atoms with van der Waals surface area (Å²) in [6.07, 6.45) is 2.90. The minimum absolute atomic E-state index is 0.382. The van der Waals surface area contributed by atoms with Gasteiger partial charge < -0.3 is 10.3 Å². The highest BCUT2D eigenvalue weighted by molar-refractivity contribution is 5.82. The molecule has 0 radical (unpaired) electrons. The van der Waals surface area contributed by atoms with Gasteiger partial charge in [0.05, 0.1) is 11.0 Å². The molecule has 0 aliphatic rings. The molecule has 3 rings (SSSR count). The Balaban J connectivity index is 1.93.